The van der Waals surface area contributed by atoms with Gasteiger partial charge in [0.25, 0.3) is 5.56 Å². The average Bonchev–Trinajstić information content (AvgIpc) is 3.27. The van der Waals surface area contributed by atoms with Gasteiger partial charge in [-0.1, -0.05) is 50.2 Å². The van der Waals surface area contributed by atoms with Gasteiger partial charge in [0, 0.05) is 18.2 Å². The lowest BCUT2D eigenvalue weighted by atomic mass is 9.97. The van der Waals surface area contributed by atoms with Crippen molar-refractivity contribution in [2.75, 3.05) is 6.54 Å². The molecular weight excluding hydrogens is 494 g/mol. The summed E-state index contributed by atoms with van der Waals surface area (Å²) in [5.74, 6) is -1.66. The molecule has 38 heavy (non-hydrogen) atoms. The van der Waals surface area contributed by atoms with Gasteiger partial charge >= 0.3 is 5.69 Å². The first kappa shape index (κ1) is 27.0. The summed E-state index contributed by atoms with van der Waals surface area (Å²) >= 11 is 0. The zero-order valence-corrected chi connectivity index (χ0v) is 21.5. The number of amides is 2. The Balaban J connectivity index is 1.57. The van der Waals surface area contributed by atoms with E-state index in [1.807, 2.05) is 19.9 Å². The highest BCUT2D eigenvalue weighted by atomic mass is 19.1. The van der Waals surface area contributed by atoms with Crippen LogP contribution in [0.4, 0.5) is 8.78 Å². The lowest BCUT2D eigenvalue weighted by Gasteiger charge is -2.22. The van der Waals surface area contributed by atoms with Gasteiger partial charge in [-0.15, -0.1) is 0 Å². The molecule has 3 aromatic rings. The number of aromatic nitrogens is 2. The molecule has 1 fully saturated rings. The second-order valence-corrected chi connectivity index (χ2v) is 10.00. The largest absolute Gasteiger partial charge is 0.368 e. The number of alkyl halides is 1. The molecule has 2 atom stereocenters. The number of carbonyl (C=O) groups is 2. The molecule has 4 rings (SSSR count). The Kier molecular flexibility index (Phi) is 7.61. The van der Waals surface area contributed by atoms with E-state index in [4.69, 9.17) is 5.73 Å². The van der Waals surface area contributed by atoms with Gasteiger partial charge in [-0.3, -0.25) is 23.5 Å². The SMILES string of the molecule is Cc1cn(CC(=O)N2CC(F)CC2C(N)=O)c(=O)n(Cc2ccc(-c3ccc(C(C)C)c(F)c3)cc2)c1=O. The first-order valence-corrected chi connectivity index (χ1v) is 12.4. The van der Waals surface area contributed by atoms with Crippen LogP contribution in [0, 0.1) is 12.7 Å². The third-order valence-corrected chi connectivity index (χ3v) is 6.86. The van der Waals surface area contributed by atoms with E-state index in [1.54, 1.807) is 30.3 Å². The summed E-state index contributed by atoms with van der Waals surface area (Å²) in [6.07, 6.45) is -0.282. The van der Waals surface area contributed by atoms with Crippen LogP contribution < -0.4 is 17.0 Å². The molecule has 10 heteroatoms. The maximum absolute atomic E-state index is 14.4. The summed E-state index contributed by atoms with van der Waals surface area (Å²) in [6, 6.07) is 11.1. The molecule has 2 heterocycles. The van der Waals surface area contributed by atoms with Crippen LogP contribution in [0.15, 0.2) is 58.3 Å². The molecule has 0 saturated carbocycles. The number of carbonyl (C=O) groups excluding carboxylic acids is 2. The standard InChI is InChI=1S/C28H30F2N4O4/c1-16(2)22-9-8-20(10-23(22)30)19-6-4-18(5-7-19)13-34-27(37)17(3)12-32(28(34)38)15-25(35)33-14-21(29)11-24(33)26(31)36/h4-10,12,16,21,24H,11,13-15H2,1-3H3,(H2,31,36). The predicted molar refractivity (Wildman–Crippen MR) is 139 cm³/mol. The van der Waals surface area contributed by atoms with Gasteiger partial charge in [0.05, 0.1) is 13.1 Å². The first-order chi connectivity index (χ1) is 18.0. The first-order valence-electron chi connectivity index (χ1n) is 12.4. The fraction of sp³-hybridized carbons (Fsp3) is 0.357. The molecule has 0 bridgehead atoms. The second-order valence-electron chi connectivity index (χ2n) is 10.00. The van der Waals surface area contributed by atoms with E-state index < -0.39 is 41.8 Å². The lowest BCUT2D eigenvalue weighted by Crippen LogP contribution is -2.47. The Morgan fingerprint density at radius 1 is 1.08 bits per heavy atom. The zero-order chi connectivity index (χ0) is 27.7. The van der Waals surface area contributed by atoms with Gasteiger partial charge in [-0.25, -0.2) is 13.6 Å². The van der Waals surface area contributed by atoms with Crippen molar-refractivity contribution in [1.82, 2.24) is 14.0 Å². The minimum absolute atomic E-state index is 0.0470. The molecule has 1 aliphatic rings. The number of hydrogen-bond acceptors (Lipinski definition) is 4. The zero-order valence-electron chi connectivity index (χ0n) is 21.5. The van der Waals surface area contributed by atoms with Crippen LogP contribution in [0.25, 0.3) is 11.1 Å². The Hall–Kier alpha value is -4.08. The Morgan fingerprint density at radius 2 is 1.74 bits per heavy atom. The highest BCUT2D eigenvalue weighted by molar-refractivity contribution is 5.87. The molecule has 8 nitrogen and oxygen atoms in total. The van der Waals surface area contributed by atoms with Crippen LogP contribution in [0.1, 0.15) is 42.9 Å². The van der Waals surface area contributed by atoms with Gasteiger partial charge in [-0.05, 0) is 41.2 Å². The third kappa shape index (κ3) is 5.44. The average molecular weight is 525 g/mol. The van der Waals surface area contributed by atoms with Crippen molar-refractivity contribution in [3.8, 4) is 11.1 Å². The number of hydrogen-bond donors (Lipinski definition) is 1. The molecule has 2 amide bonds. The number of rotatable bonds is 7. The van der Waals surface area contributed by atoms with E-state index in [9.17, 15) is 28.0 Å². The summed E-state index contributed by atoms with van der Waals surface area (Å²) in [4.78, 5) is 51.4. The van der Waals surface area contributed by atoms with Crippen LogP contribution in [-0.2, 0) is 22.7 Å². The van der Waals surface area contributed by atoms with Gasteiger partial charge < -0.3 is 10.6 Å². The molecule has 2 N–H and O–H groups in total. The van der Waals surface area contributed by atoms with Crippen LogP contribution in [0.3, 0.4) is 0 Å². The number of likely N-dealkylation sites (tertiary alicyclic amines) is 1. The molecule has 1 saturated heterocycles. The number of nitrogens with zero attached hydrogens (tertiary/aromatic N) is 3. The number of nitrogens with two attached hydrogens (primary N) is 1. The summed E-state index contributed by atoms with van der Waals surface area (Å²) < 4.78 is 30.4. The highest BCUT2D eigenvalue weighted by Gasteiger charge is 2.38. The summed E-state index contributed by atoms with van der Waals surface area (Å²) in [5, 5.41) is 0. The fourth-order valence-corrected chi connectivity index (χ4v) is 4.78. The van der Waals surface area contributed by atoms with E-state index in [0.717, 1.165) is 19.6 Å². The second kappa shape index (κ2) is 10.7. The van der Waals surface area contributed by atoms with E-state index in [-0.39, 0.29) is 36.8 Å². The summed E-state index contributed by atoms with van der Waals surface area (Å²) in [5.41, 5.74) is 7.11. The lowest BCUT2D eigenvalue weighted by molar-refractivity contribution is -0.137. The molecule has 2 aromatic carbocycles. The predicted octanol–water partition coefficient (Wildman–Crippen LogP) is 2.72. The van der Waals surface area contributed by atoms with Gasteiger partial charge in [-0.2, -0.15) is 0 Å². The van der Waals surface area contributed by atoms with E-state index in [0.29, 0.717) is 16.7 Å². The van der Waals surface area contributed by atoms with Crippen molar-refractivity contribution in [3.05, 3.63) is 92.0 Å². The fourth-order valence-electron chi connectivity index (χ4n) is 4.78. The van der Waals surface area contributed by atoms with Gasteiger partial charge in [0.2, 0.25) is 11.8 Å². The number of primary amides is 1. The number of benzene rings is 2. The maximum Gasteiger partial charge on any atom is 0.331 e. The topological polar surface area (TPSA) is 107 Å². The smallest absolute Gasteiger partial charge is 0.331 e. The van der Waals surface area contributed by atoms with E-state index >= 15 is 0 Å². The maximum atomic E-state index is 14.4. The van der Waals surface area contributed by atoms with Gasteiger partial charge in [0.15, 0.2) is 0 Å². The molecular formula is C28H30F2N4O4. The summed E-state index contributed by atoms with van der Waals surface area (Å²) in [7, 11) is 0. The molecule has 0 radical (unpaired) electrons. The van der Waals surface area contributed by atoms with Crippen molar-refractivity contribution in [3.63, 3.8) is 0 Å². The summed E-state index contributed by atoms with van der Waals surface area (Å²) in [6.45, 7) is 4.58. The Morgan fingerprint density at radius 3 is 2.34 bits per heavy atom. The number of aryl methyl sites for hydroxylation is 1. The van der Waals surface area contributed by atoms with Crippen molar-refractivity contribution in [2.24, 2.45) is 5.73 Å². The van der Waals surface area contributed by atoms with Crippen molar-refractivity contribution in [2.45, 2.75) is 58.4 Å². The van der Waals surface area contributed by atoms with Crippen molar-refractivity contribution < 1.29 is 18.4 Å². The third-order valence-electron chi connectivity index (χ3n) is 6.86. The van der Waals surface area contributed by atoms with Crippen molar-refractivity contribution in [1.29, 1.82) is 0 Å². The molecule has 0 spiro atoms. The van der Waals surface area contributed by atoms with Gasteiger partial charge in [0.1, 0.15) is 24.6 Å². The monoisotopic (exact) mass is 524 g/mol. The molecule has 2 unspecified atom stereocenters. The Labute approximate surface area is 218 Å². The van der Waals surface area contributed by atoms with E-state index in [1.165, 1.54) is 19.2 Å². The molecule has 0 aliphatic carbocycles. The van der Waals surface area contributed by atoms with E-state index in [2.05, 4.69) is 0 Å². The quantitative estimate of drug-likeness (QED) is 0.513. The van der Waals surface area contributed by atoms with Crippen LogP contribution in [0.2, 0.25) is 0 Å². The normalized spacial score (nSPS) is 17.3. The molecule has 1 aromatic heterocycles. The van der Waals surface area contributed by atoms with Crippen molar-refractivity contribution >= 4 is 11.8 Å². The number of halogens is 2. The van der Waals surface area contributed by atoms with Crippen LogP contribution in [0.5, 0.6) is 0 Å². The molecule has 1 aliphatic heterocycles. The van der Waals surface area contributed by atoms with Crippen LogP contribution in [-0.4, -0.2) is 44.6 Å². The minimum atomic E-state index is -1.38. The molecule has 200 valence electrons. The Bertz CT molecular complexity index is 1490. The highest BCUT2D eigenvalue weighted by Crippen LogP contribution is 2.26. The van der Waals surface area contributed by atoms with Crippen LogP contribution >= 0.6 is 0 Å². The minimum Gasteiger partial charge on any atom is -0.368 e.